The van der Waals surface area contributed by atoms with Gasteiger partial charge in [0.25, 0.3) is 5.91 Å². The number of aliphatic hydroxyl groups is 1. The smallest absolute Gasteiger partial charge is 0.259 e. The van der Waals surface area contributed by atoms with E-state index < -0.39 is 33.9 Å². The fourth-order valence-electron chi connectivity index (χ4n) is 4.21. The van der Waals surface area contributed by atoms with Crippen molar-refractivity contribution in [3.8, 4) is 17.7 Å². The molecule has 2 aromatic carbocycles. The first-order valence-corrected chi connectivity index (χ1v) is 13.9. The Morgan fingerprint density at radius 3 is 2.56 bits per heavy atom. The van der Waals surface area contributed by atoms with Gasteiger partial charge in [-0.05, 0) is 37.3 Å². The summed E-state index contributed by atoms with van der Waals surface area (Å²) in [7, 11) is -2.31. The van der Waals surface area contributed by atoms with E-state index in [-0.39, 0.29) is 47.5 Å². The highest BCUT2D eigenvalue weighted by molar-refractivity contribution is 7.89. The summed E-state index contributed by atoms with van der Waals surface area (Å²) in [6.45, 7) is 3.54. The second-order valence-corrected chi connectivity index (χ2v) is 11.6. The number of carbonyl (C=O) groups excluding carboxylic acids is 1. The standard InChI is InChI=1S/C29H30FN3O5S/c1-20-17-33(21(2)19-34)29(35)25-15-22(13-14-23-9-7-8-12-26(23)30)16-31-28(25)38-27(20)18-32(3)39(36,37)24-10-5-4-6-11-24/h4-12,15-16,20-21,27,34H,17-19H2,1-3H3/t20-,21-,27-/m1/s1. The lowest BCUT2D eigenvalue weighted by Crippen LogP contribution is -2.50. The maximum atomic E-state index is 14.0. The Balaban J connectivity index is 1.69. The highest BCUT2D eigenvalue weighted by Gasteiger charge is 2.35. The van der Waals surface area contributed by atoms with Crippen LogP contribution in [0.5, 0.6) is 5.88 Å². The molecule has 1 aromatic heterocycles. The molecule has 0 aliphatic carbocycles. The maximum Gasteiger partial charge on any atom is 0.259 e. The molecule has 1 N–H and O–H groups in total. The summed E-state index contributed by atoms with van der Waals surface area (Å²) in [6.07, 6.45) is 0.768. The number of aliphatic hydroxyl groups excluding tert-OH is 1. The van der Waals surface area contributed by atoms with Gasteiger partial charge >= 0.3 is 0 Å². The van der Waals surface area contributed by atoms with E-state index in [1.54, 1.807) is 43.3 Å². The highest BCUT2D eigenvalue weighted by Crippen LogP contribution is 2.28. The summed E-state index contributed by atoms with van der Waals surface area (Å²) in [5.41, 5.74) is 0.708. The zero-order valence-electron chi connectivity index (χ0n) is 21.9. The molecule has 0 radical (unpaired) electrons. The number of halogens is 1. The zero-order chi connectivity index (χ0) is 28.2. The molecule has 0 saturated heterocycles. The Morgan fingerprint density at radius 1 is 1.18 bits per heavy atom. The minimum Gasteiger partial charge on any atom is -0.472 e. The van der Waals surface area contributed by atoms with E-state index in [0.717, 1.165) is 0 Å². The van der Waals surface area contributed by atoms with Crippen molar-refractivity contribution in [3.05, 3.63) is 89.4 Å². The molecule has 39 heavy (non-hydrogen) atoms. The van der Waals surface area contributed by atoms with E-state index in [2.05, 4.69) is 16.8 Å². The number of fused-ring (bicyclic) bond motifs is 1. The third-order valence-electron chi connectivity index (χ3n) is 6.62. The average molecular weight is 552 g/mol. The molecule has 204 valence electrons. The van der Waals surface area contributed by atoms with Gasteiger partial charge in [0.15, 0.2) is 0 Å². The number of sulfonamides is 1. The first kappa shape index (κ1) is 28.2. The quantitative estimate of drug-likeness (QED) is 0.473. The van der Waals surface area contributed by atoms with Crippen LogP contribution in [0.15, 0.2) is 71.8 Å². The lowest BCUT2D eigenvalue weighted by molar-refractivity contribution is 0.0373. The Kier molecular flexibility index (Phi) is 8.65. The van der Waals surface area contributed by atoms with Crippen LogP contribution in [0.25, 0.3) is 0 Å². The zero-order valence-corrected chi connectivity index (χ0v) is 22.7. The van der Waals surface area contributed by atoms with Crippen LogP contribution < -0.4 is 4.74 Å². The van der Waals surface area contributed by atoms with Gasteiger partial charge in [0.1, 0.15) is 17.5 Å². The average Bonchev–Trinajstić information content (AvgIpc) is 2.94. The molecular weight excluding hydrogens is 521 g/mol. The third kappa shape index (κ3) is 6.28. The largest absolute Gasteiger partial charge is 0.472 e. The summed E-state index contributed by atoms with van der Waals surface area (Å²) in [4.78, 5) is 19.6. The van der Waals surface area contributed by atoms with Crippen molar-refractivity contribution in [1.82, 2.24) is 14.2 Å². The number of ether oxygens (including phenoxy) is 1. The van der Waals surface area contributed by atoms with Crippen LogP contribution in [0.1, 0.15) is 35.3 Å². The molecule has 0 fully saturated rings. The van der Waals surface area contributed by atoms with E-state index in [4.69, 9.17) is 4.74 Å². The molecule has 0 unspecified atom stereocenters. The van der Waals surface area contributed by atoms with Gasteiger partial charge in [0.2, 0.25) is 15.9 Å². The van der Waals surface area contributed by atoms with Crippen molar-refractivity contribution in [1.29, 1.82) is 0 Å². The molecule has 8 nitrogen and oxygen atoms in total. The maximum absolute atomic E-state index is 14.0. The van der Waals surface area contributed by atoms with Gasteiger partial charge in [-0.15, -0.1) is 0 Å². The number of benzene rings is 2. The first-order chi connectivity index (χ1) is 18.6. The number of likely N-dealkylation sites (N-methyl/N-ethyl adjacent to an activating group) is 1. The molecular formula is C29H30FN3O5S. The van der Waals surface area contributed by atoms with Gasteiger partial charge in [0, 0.05) is 31.3 Å². The van der Waals surface area contributed by atoms with Crippen molar-refractivity contribution in [2.24, 2.45) is 5.92 Å². The number of hydrogen-bond acceptors (Lipinski definition) is 6. The van der Waals surface area contributed by atoms with Crippen LogP contribution in [0, 0.1) is 23.6 Å². The fourth-order valence-corrected chi connectivity index (χ4v) is 5.42. The molecule has 1 amide bonds. The molecule has 10 heteroatoms. The number of carbonyl (C=O) groups is 1. The normalized spacial score (nSPS) is 18.3. The molecule has 2 heterocycles. The molecule has 3 aromatic rings. The van der Waals surface area contributed by atoms with Crippen LogP contribution in [-0.4, -0.2) is 72.5 Å². The van der Waals surface area contributed by atoms with Crippen LogP contribution in [0.3, 0.4) is 0 Å². The minimum absolute atomic E-state index is 0.00386. The topological polar surface area (TPSA) is 100 Å². The first-order valence-electron chi connectivity index (χ1n) is 12.5. The number of pyridine rings is 1. The summed E-state index contributed by atoms with van der Waals surface area (Å²) in [5, 5.41) is 9.85. The third-order valence-corrected chi connectivity index (χ3v) is 8.46. The molecule has 0 spiro atoms. The van der Waals surface area contributed by atoms with Gasteiger partial charge in [-0.3, -0.25) is 4.79 Å². The Bertz CT molecular complexity index is 1500. The Hall–Kier alpha value is -3.78. The van der Waals surface area contributed by atoms with E-state index in [1.165, 1.54) is 46.7 Å². The SMILES string of the molecule is C[C@@H]1CN([C@H](C)CO)C(=O)c2cc(C#Cc3ccccc3F)cnc2O[C@@H]1CN(C)S(=O)(=O)c1ccccc1. The van der Waals surface area contributed by atoms with E-state index in [0.29, 0.717) is 5.56 Å². The van der Waals surface area contributed by atoms with Crippen LogP contribution in [-0.2, 0) is 10.0 Å². The van der Waals surface area contributed by atoms with Crippen LogP contribution in [0.4, 0.5) is 4.39 Å². The molecule has 0 bridgehead atoms. The Morgan fingerprint density at radius 2 is 1.87 bits per heavy atom. The number of aromatic nitrogens is 1. The van der Waals surface area contributed by atoms with Crippen molar-refractivity contribution >= 4 is 15.9 Å². The van der Waals surface area contributed by atoms with Crippen LogP contribution >= 0.6 is 0 Å². The molecule has 3 atom stereocenters. The van der Waals surface area contributed by atoms with Gasteiger partial charge in [0.05, 0.1) is 29.7 Å². The van der Waals surface area contributed by atoms with Crippen molar-refractivity contribution < 1.29 is 27.4 Å². The fraction of sp³-hybridized carbons (Fsp3) is 0.310. The lowest BCUT2D eigenvalue weighted by atomic mass is 10.0. The second kappa shape index (κ2) is 11.9. The monoisotopic (exact) mass is 551 g/mol. The molecule has 4 rings (SSSR count). The van der Waals surface area contributed by atoms with Gasteiger partial charge in [-0.1, -0.05) is 49.1 Å². The molecule has 1 aliphatic rings. The predicted octanol–water partition coefficient (Wildman–Crippen LogP) is 3.16. The Labute approximate surface area is 228 Å². The van der Waals surface area contributed by atoms with Crippen molar-refractivity contribution in [2.75, 3.05) is 26.7 Å². The van der Waals surface area contributed by atoms with Crippen molar-refractivity contribution in [2.45, 2.75) is 30.9 Å². The minimum atomic E-state index is -3.79. The summed E-state index contributed by atoms with van der Waals surface area (Å²) < 4.78 is 47.7. The number of amides is 1. The van der Waals surface area contributed by atoms with Gasteiger partial charge < -0.3 is 14.7 Å². The number of rotatable bonds is 6. The predicted molar refractivity (Wildman–Crippen MR) is 144 cm³/mol. The highest BCUT2D eigenvalue weighted by atomic mass is 32.2. The van der Waals surface area contributed by atoms with E-state index in [1.807, 2.05) is 6.92 Å². The van der Waals surface area contributed by atoms with Crippen LogP contribution in [0.2, 0.25) is 0 Å². The lowest BCUT2D eigenvalue weighted by Gasteiger charge is -2.37. The summed E-state index contributed by atoms with van der Waals surface area (Å²) >= 11 is 0. The molecule has 0 saturated carbocycles. The number of nitrogens with zero attached hydrogens (tertiary/aromatic N) is 3. The second-order valence-electron chi connectivity index (χ2n) is 9.53. The van der Waals surface area contributed by atoms with Crippen molar-refractivity contribution in [3.63, 3.8) is 0 Å². The van der Waals surface area contributed by atoms with Gasteiger partial charge in [-0.2, -0.15) is 4.31 Å². The number of hydrogen-bond donors (Lipinski definition) is 1. The summed E-state index contributed by atoms with van der Waals surface area (Å²) in [6, 6.07) is 15.2. The van der Waals surface area contributed by atoms with Gasteiger partial charge in [-0.25, -0.2) is 17.8 Å². The summed E-state index contributed by atoms with van der Waals surface area (Å²) in [5.74, 6) is 4.47. The van der Waals surface area contributed by atoms with E-state index in [9.17, 15) is 22.7 Å². The van der Waals surface area contributed by atoms with E-state index >= 15 is 0 Å². The molecule has 1 aliphatic heterocycles.